The van der Waals surface area contributed by atoms with E-state index in [1.165, 1.54) is 12.8 Å². The Morgan fingerprint density at radius 3 is 2.76 bits per heavy atom. The molecule has 2 N–H and O–H groups in total. The lowest BCUT2D eigenvalue weighted by atomic mass is 10.3. The van der Waals surface area contributed by atoms with Crippen LogP contribution in [0.15, 0.2) is 0 Å². The molecule has 1 atom stereocenters. The number of hydrogen-bond donors (Lipinski definition) is 2. The molecule has 0 aromatic carbocycles. The third kappa shape index (κ3) is 3.51. The minimum absolute atomic E-state index is 0.382. The normalized spacial score (nSPS) is 17.4. The van der Waals surface area contributed by atoms with Gasteiger partial charge in [0.2, 0.25) is 0 Å². The molecule has 5 heteroatoms. The van der Waals surface area contributed by atoms with Gasteiger partial charge in [0.1, 0.15) is 5.82 Å². The Balaban J connectivity index is 1.88. The molecule has 1 aliphatic carbocycles. The van der Waals surface area contributed by atoms with Crippen LogP contribution in [-0.2, 0) is 19.4 Å². The van der Waals surface area contributed by atoms with Crippen molar-refractivity contribution in [3.63, 3.8) is 0 Å². The van der Waals surface area contributed by atoms with Crippen LogP contribution in [0.4, 0.5) is 0 Å². The zero-order chi connectivity index (χ0) is 12.3. The molecule has 1 fully saturated rings. The van der Waals surface area contributed by atoms with Crippen LogP contribution in [0.1, 0.15) is 38.3 Å². The summed E-state index contributed by atoms with van der Waals surface area (Å²) in [6, 6.07) is 0.636. The molecule has 0 aliphatic heterocycles. The van der Waals surface area contributed by atoms with Gasteiger partial charge in [-0.15, -0.1) is 0 Å². The number of nitrogens with one attached hydrogen (secondary N) is 1. The molecule has 5 nitrogen and oxygen atoms in total. The van der Waals surface area contributed by atoms with Gasteiger partial charge in [0, 0.05) is 25.4 Å². The van der Waals surface area contributed by atoms with E-state index in [9.17, 15) is 5.11 Å². The van der Waals surface area contributed by atoms with E-state index in [0.29, 0.717) is 19.1 Å². The van der Waals surface area contributed by atoms with Crippen LogP contribution in [0.25, 0.3) is 0 Å². The van der Waals surface area contributed by atoms with Crippen LogP contribution in [0, 0.1) is 0 Å². The van der Waals surface area contributed by atoms with Crippen molar-refractivity contribution in [3.05, 3.63) is 11.6 Å². The first-order chi connectivity index (χ1) is 8.22. The van der Waals surface area contributed by atoms with Crippen molar-refractivity contribution in [2.24, 2.45) is 0 Å². The fraction of sp³-hybridized carbons (Fsp3) is 0.833. The van der Waals surface area contributed by atoms with Crippen LogP contribution in [0.3, 0.4) is 0 Å². The van der Waals surface area contributed by atoms with Crippen LogP contribution in [0.2, 0.25) is 0 Å². The first-order valence-corrected chi connectivity index (χ1v) is 6.57. The molecule has 96 valence electrons. The van der Waals surface area contributed by atoms with Crippen molar-refractivity contribution < 1.29 is 5.11 Å². The van der Waals surface area contributed by atoms with Gasteiger partial charge in [-0.05, 0) is 12.8 Å². The third-order valence-electron chi connectivity index (χ3n) is 3.03. The molecule has 0 bridgehead atoms. The fourth-order valence-corrected chi connectivity index (χ4v) is 1.84. The number of aromatic nitrogens is 3. The monoisotopic (exact) mass is 238 g/mol. The van der Waals surface area contributed by atoms with E-state index in [-0.39, 0.29) is 6.10 Å². The van der Waals surface area contributed by atoms with E-state index in [1.54, 1.807) is 0 Å². The lowest BCUT2D eigenvalue weighted by Crippen LogP contribution is -2.32. The Kier molecular flexibility index (Phi) is 4.12. The highest BCUT2D eigenvalue weighted by molar-refractivity contribution is 4.93. The molecule has 1 saturated carbocycles. The van der Waals surface area contributed by atoms with Crippen LogP contribution < -0.4 is 5.32 Å². The predicted octanol–water partition coefficient (Wildman–Crippen LogP) is 0.516. The molecule has 0 saturated heterocycles. The molecular formula is C12H22N4O. The number of rotatable bonds is 7. The molecule has 2 rings (SSSR count). The summed E-state index contributed by atoms with van der Waals surface area (Å²) in [6.07, 6.45) is 3.81. The Morgan fingerprint density at radius 1 is 1.41 bits per heavy atom. The smallest absolute Gasteiger partial charge is 0.150 e. The third-order valence-corrected chi connectivity index (χ3v) is 3.03. The molecule has 1 aliphatic rings. The summed E-state index contributed by atoms with van der Waals surface area (Å²) in [4.78, 5) is 4.43. The van der Waals surface area contributed by atoms with E-state index in [0.717, 1.165) is 24.5 Å². The number of hydrogen-bond acceptors (Lipinski definition) is 4. The summed E-state index contributed by atoms with van der Waals surface area (Å²) in [5.74, 6) is 1.83. The highest BCUT2D eigenvalue weighted by Crippen LogP contribution is 2.18. The Bertz CT molecular complexity index is 359. The highest BCUT2D eigenvalue weighted by atomic mass is 16.3. The second kappa shape index (κ2) is 5.60. The Morgan fingerprint density at radius 2 is 2.18 bits per heavy atom. The van der Waals surface area contributed by atoms with Crippen molar-refractivity contribution >= 4 is 0 Å². The van der Waals surface area contributed by atoms with Crippen molar-refractivity contribution in [2.45, 2.75) is 58.2 Å². The van der Waals surface area contributed by atoms with Crippen molar-refractivity contribution in [1.82, 2.24) is 20.1 Å². The summed E-state index contributed by atoms with van der Waals surface area (Å²) in [5.41, 5.74) is 0. The maximum Gasteiger partial charge on any atom is 0.150 e. The van der Waals surface area contributed by atoms with E-state index in [2.05, 4.69) is 22.3 Å². The predicted molar refractivity (Wildman–Crippen MR) is 65.8 cm³/mol. The average molecular weight is 238 g/mol. The van der Waals surface area contributed by atoms with Gasteiger partial charge in [-0.1, -0.05) is 13.8 Å². The van der Waals surface area contributed by atoms with Crippen molar-refractivity contribution in [3.8, 4) is 0 Å². The van der Waals surface area contributed by atoms with Gasteiger partial charge in [0.15, 0.2) is 5.82 Å². The van der Waals surface area contributed by atoms with Gasteiger partial charge >= 0.3 is 0 Å². The van der Waals surface area contributed by atoms with Gasteiger partial charge in [-0.3, -0.25) is 0 Å². The van der Waals surface area contributed by atoms with Gasteiger partial charge in [-0.25, -0.2) is 9.67 Å². The van der Waals surface area contributed by atoms with E-state index in [4.69, 9.17) is 0 Å². The highest BCUT2D eigenvalue weighted by Gasteiger charge is 2.21. The average Bonchev–Trinajstić information content (AvgIpc) is 3.08. The SMILES string of the molecule is CCc1nc(CC)n(CC(O)CNC2CC2)n1. The summed E-state index contributed by atoms with van der Waals surface area (Å²) in [7, 11) is 0. The Labute approximate surface area is 102 Å². The van der Waals surface area contributed by atoms with Crippen LogP contribution >= 0.6 is 0 Å². The number of aliphatic hydroxyl groups excluding tert-OH is 1. The molecule has 0 radical (unpaired) electrons. The lowest BCUT2D eigenvalue weighted by molar-refractivity contribution is 0.145. The van der Waals surface area contributed by atoms with E-state index < -0.39 is 0 Å². The van der Waals surface area contributed by atoms with Gasteiger partial charge in [0.05, 0.1) is 12.6 Å². The topological polar surface area (TPSA) is 63.0 Å². The van der Waals surface area contributed by atoms with Crippen molar-refractivity contribution in [2.75, 3.05) is 6.54 Å². The Hall–Kier alpha value is -0.940. The molecule has 1 aromatic rings. The molecule has 1 aromatic heterocycles. The first kappa shape index (κ1) is 12.5. The summed E-state index contributed by atoms with van der Waals surface area (Å²) >= 11 is 0. The number of nitrogens with zero attached hydrogens (tertiary/aromatic N) is 3. The molecule has 0 amide bonds. The van der Waals surface area contributed by atoms with Crippen LogP contribution in [0.5, 0.6) is 0 Å². The fourth-order valence-electron chi connectivity index (χ4n) is 1.84. The molecule has 0 spiro atoms. The largest absolute Gasteiger partial charge is 0.390 e. The number of aryl methyl sites for hydroxylation is 2. The van der Waals surface area contributed by atoms with Crippen molar-refractivity contribution in [1.29, 1.82) is 0 Å². The standard InChI is InChI=1S/C12H22N4O/c1-3-11-14-12(4-2)16(15-11)8-10(17)7-13-9-5-6-9/h9-10,13,17H,3-8H2,1-2H3. The van der Waals surface area contributed by atoms with Gasteiger partial charge in [0.25, 0.3) is 0 Å². The van der Waals surface area contributed by atoms with Gasteiger partial charge in [-0.2, -0.15) is 5.10 Å². The minimum Gasteiger partial charge on any atom is -0.390 e. The zero-order valence-electron chi connectivity index (χ0n) is 10.7. The first-order valence-electron chi connectivity index (χ1n) is 6.57. The van der Waals surface area contributed by atoms with E-state index >= 15 is 0 Å². The second-order valence-electron chi connectivity index (χ2n) is 4.67. The molecule has 1 heterocycles. The zero-order valence-corrected chi connectivity index (χ0v) is 10.7. The summed E-state index contributed by atoms with van der Waals surface area (Å²) in [5, 5.41) is 17.7. The number of aliphatic hydroxyl groups is 1. The maximum atomic E-state index is 9.93. The molecule has 1 unspecified atom stereocenters. The molecule has 17 heavy (non-hydrogen) atoms. The van der Waals surface area contributed by atoms with Crippen LogP contribution in [-0.4, -0.2) is 38.6 Å². The summed E-state index contributed by atoms with van der Waals surface area (Å²) in [6.45, 7) is 5.30. The summed E-state index contributed by atoms with van der Waals surface area (Å²) < 4.78 is 1.85. The quantitative estimate of drug-likeness (QED) is 0.727. The van der Waals surface area contributed by atoms with Gasteiger partial charge < -0.3 is 10.4 Å². The second-order valence-corrected chi connectivity index (χ2v) is 4.67. The maximum absolute atomic E-state index is 9.93. The molecular weight excluding hydrogens is 216 g/mol. The lowest BCUT2D eigenvalue weighted by Gasteiger charge is -2.12. The van der Waals surface area contributed by atoms with E-state index in [1.807, 2.05) is 11.6 Å². The minimum atomic E-state index is -0.382.